The van der Waals surface area contributed by atoms with Gasteiger partial charge in [0.2, 0.25) is 11.9 Å². The minimum Gasteiger partial charge on any atom is -0.342 e. The Morgan fingerprint density at radius 2 is 2.31 bits per heavy atom. The van der Waals surface area contributed by atoms with Crippen molar-refractivity contribution < 1.29 is 4.79 Å². The van der Waals surface area contributed by atoms with Crippen LogP contribution in [-0.4, -0.2) is 38.9 Å². The zero-order valence-electron chi connectivity index (χ0n) is 8.40. The lowest BCUT2D eigenvalue weighted by atomic mass is 10.0. The number of hydrogen-bond acceptors (Lipinski definition) is 5. The molecule has 1 fully saturated rings. The van der Waals surface area contributed by atoms with Gasteiger partial charge in [-0.2, -0.15) is 4.98 Å². The van der Waals surface area contributed by atoms with Crippen molar-refractivity contribution in [2.24, 2.45) is 5.92 Å². The Morgan fingerprint density at radius 3 is 3.06 bits per heavy atom. The Kier molecular flexibility index (Phi) is 2.03. The van der Waals surface area contributed by atoms with Crippen molar-refractivity contribution in [1.82, 2.24) is 25.3 Å². The standard InChI is InChI=1S/C9H10N6O/c16-8(5-1-10-2-5)15-9-11-3-6-7(14-9)13-4-12-6/h3-5,10H,1-2H2,(H2,11,12,13,14,15,16). The third kappa shape index (κ3) is 1.50. The number of aromatic amines is 1. The topological polar surface area (TPSA) is 95.6 Å². The van der Waals surface area contributed by atoms with Gasteiger partial charge in [-0.1, -0.05) is 0 Å². The fourth-order valence-corrected chi connectivity index (χ4v) is 1.48. The molecule has 0 aromatic carbocycles. The molecule has 0 bridgehead atoms. The van der Waals surface area contributed by atoms with Crippen molar-refractivity contribution in [2.75, 3.05) is 18.4 Å². The number of fused-ring (bicyclic) bond motifs is 1. The first-order valence-electron chi connectivity index (χ1n) is 5.00. The van der Waals surface area contributed by atoms with Crippen molar-refractivity contribution in [1.29, 1.82) is 0 Å². The predicted molar refractivity (Wildman–Crippen MR) is 56.7 cm³/mol. The minimum absolute atomic E-state index is 0.0264. The summed E-state index contributed by atoms with van der Waals surface area (Å²) in [5.74, 6) is 0.281. The van der Waals surface area contributed by atoms with E-state index in [0.29, 0.717) is 11.6 Å². The Morgan fingerprint density at radius 1 is 1.44 bits per heavy atom. The van der Waals surface area contributed by atoms with E-state index in [2.05, 4.69) is 30.6 Å². The maximum Gasteiger partial charge on any atom is 0.232 e. The molecule has 16 heavy (non-hydrogen) atoms. The van der Waals surface area contributed by atoms with Crippen LogP contribution in [0, 0.1) is 5.92 Å². The molecule has 1 saturated heterocycles. The third-order valence-corrected chi connectivity index (χ3v) is 2.56. The summed E-state index contributed by atoms with van der Waals surface area (Å²) in [4.78, 5) is 26.6. The van der Waals surface area contributed by atoms with Crippen molar-refractivity contribution in [2.45, 2.75) is 0 Å². The van der Waals surface area contributed by atoms with Crippen molar-refractivity contribution in [3.05, 3.63) is 12.5 Å². The van der Waals surface area contributed by atoms with Crippen LogP contribution in [0.4, 0.5) is 5.95 Å². The molecule has 82 valence electrons. The van der Waals surface area contributed by atoms with E-state index in [9.17, 15) is 4.79 Å². The monoisotopic (exact) mass is 218 g/mol. The number of anilines is 1. The Hall–Kier alpha value is -2.02. The molecule has 2 aromatic heterocycles. The smallest absolute Gasteiger partial charge is 0.232 e. The van der Waals surface area contributed by atoms with E-state index >= 15 is 0 Å². The molecule has 0 unspecified atom stereocenters. The summed E-state index contributed by atoms with van der Waals surface area (Å²) in [7, 11) is 0. The molecule has 1 aliphatic heterocycles. The molecule has 0 spiro atoms. The Balaban J connectivity index is 1.80. The van der Waals surface area contributed by atoms with Gasteiger partial charge >= 0.3 is 0 Å². The van der Waals surface area contributed by atoms with Gasteiger partial charge in [0.15, 0.2) is 5.65 Å². The van der Waals surface area contributed by atoms with E-state index in [4.69, 9.17) is 0 Å². The van der Waals surface area contributed by atoms with Crippen LogP contribution in [0.15, 0.2) is 12.5 Å². The number of H-pyrrole nitrogens is 1. The summed E-state index contributed by atoms with van der Waals surface area (Å²) in [6.07, 6.45) is 3.14. The molecule has 0 radical (unpaired) electrons. The van der Waals surface area contributed by atoms with E-state index < -0.39 is 0 Å². The molecule has 3 rings (SSSR count). The SMILES string of the molecule is O=C(Nc1ncc2[nH]cnc2n1)C1CNC1. The van der Waals surface area contributed by atoms with Crippen LogP contribution in [0.25, 0.3) is 11.2 Å². The lowest BCUT2D eigenvalue weighted by Crippen LogP contribution is -2.48. The first-order chi connectivity index (χ1) is 7.83. The maximum absolute atomic E-state index is 11.6. The van der Waals surface area contributed by atoms with E-state index in [-0.39, 0.29) is 11.8 Å². The van der Waals surface area contributed by atoms with Gasteiger partial charge in [0, 0.05) is 13.1 Å². The Bertz CT molecular complexity index is 532. The highest BCUT2D eigenvalue weighted by Crippen LogP contribution is 2.09. The summed E-state index contributed by atoms with van der Waals surface area (Å²) in [5.41, 5.74) is 1.31. The predicted octanol–water partition coefficient (Wildman–Crippen LogP) is -0.489. The number of nitrogens with zero attached hydrogens (tertiary/aromatic N) is 3. The van der Waals surface area contributed by atoms with Gasteiger partial charge in [-0.05, 0) is 0 Å². The van der Waals surface area contributed by atoms with Crippen molar-refractivity contribution in [3.63, 3.8) is 0 Å². The average molecular weight is 218 g/mol. The average Bonchev–Trinajstić information content (AvgIpc) is 2.61. The van der Waals surface area contributed by atoms with Crippen molar-refractivity contribution in [3.8, 4) is 0 Å². The minimum atomic E-state index is -0.0476. The second-order valence-electron chi connectivity index (χ2n) is 3.68. The van der Waals surface area contributed by atoms with Crippen LogP contribution in [-0.2, 0) is 4.79 Å². The fraction of sp³-hybridized carbons (Fsp3) is 0.333. The van der Waals surface area contributed by atoms with Gasteiger partial charge in [-0.15, -0.1) is 0 Å². The van der Waals surface area contributed by atoms with Crippen LogP contribution in [0.5, 0.6) is 0 Å². The zero-order valence-corrected chi connectivity index (χ0v) is 8.40. The molecule has 3 N–H and O–H groups in total. The summed E-state index contributed by atoms with van der Waals surface area (Å²) in [6.45, 7) is 1.44. The van der Waals surface area contributed by atoms with Crippen LogP contribution >= 0.6 is 0 Å². The van der Waals surface area contributed by atoms with Crippen molar-refractivity contribution >= 4 is 23.0 Å². The molecule has 1 aliphatic rings. The maximum atomic E-state index is 11.6. The van der Waals surface area contributed by atoms with E-state index in [1.54, 1.807) is 12.5 Å². The highest BCUT2D eigenvalue weighted by Gasteiger charge is 2.25. The van der Waals surface area contributed by atoms with Crippen LogP contribution < -0.4 is 10.6 Å². The molecule has 3 heterocycles. The van der Waals surface area contributed by atoms with Gasteiger partial charge in [0.05, 0.1) is 18.4 Å². The number of aromatic nitrogens is 4. The molecule has 0 saturated carbocycles. The number of amides is 1. The molecule has 2 aromatic rings. The summed E-state index contributed by atoms with van der Waals surface area (Å²) >= 11 is 0. The first kappa shape index (κ1) is 9.22. The Labute approximate surface area is 90.7 Å². The number of carbonyl (C=O) groups excluding carboxylic acids is 1. The highest BCUT2D eigenvalue weighted by atomic mass is 16.2. The second-order valence-corrected chi connectivity index (χ2v) is 3.68. The summed E-state index contributed by atoms with van der Waals surface area (Å²) in [5, 5.41) is 5.71. The van der Waals surface area contributed by atoms with Gasteiger partial charge in [-0.3, -0.25) is 10.1 Å². The molecule has 7 nitrogen and oxygen atoms in total. The van der Waals surface area contributed by atoms with Gasteiger partial charge in [-0.25, -0.2) is 9.97 Å². The number of nitrogens with one attached hydrogen (secondary N) is 3. The molecule has 0 aliphatic carbocycles. The summed E-state index contributed by atoms with van der Waals surface area (Å²) in [6, 6.07) is 0. The summed E-state index contributed by atoms with van der Waals surface area (Å²) < 4.78 is 0. The van der Waals surface area contributed by atoms with E-state index in [1.807, 2.05) is 0 Å². The number of rotatable bonds is 2. The molecular formula is C9H10N6O. The third-order valence-electron chi connectivity index (χ3n) is 2.56. The number of hydrogen-bond donors (Lipinski definition) is 3. The van der Waals surface area contributed by atoms with Crippen LogP contribution in [0.2, 0.25) is 0 Å². The fourth-order valence-electron chi connectivity index (χ4n) is 1.48. The molecule has 7 heteroatoms. The van der Waals surface area contributed by atoms with E-state index in [1.165, 1.54) is 0 Å². The van der Waals surface area contributed by atoms with Crippen LogP contribution in [0.3, 0.4) is 0 Å². The van der Waals surface area contributed by atoms with E-state index in [0.717, 1.165) is 18.6 Å². The van der Waals surface area contributed by atoms with Gasteiger partial charge in [0.1, 0.15) is 5.52 Å². The number of carbonyl (C=O) groups is 1. The first-order valence-corrected chi connectivity index (χ1v) is 5.00. The van der Waals surface area contributed by atoms with Crippen LogP contribution in [0.1, 0.15) is 0 Å². The largest absolute Gasteiger partial charge is 0.342 e. The highest BCUT2D eigenvalue weighted by molar-refractivity contribution is 5.92. The normalized spacial score (nSPS) is 16.0. The lowest BCUT2D eigenvalue weighted by molar-refractivity contribution is -0.121. The lowest BCUT2D eigenvalue weighted by Gasteiger charge is -2.25. The molecule has 0 atom stereocenters. The van der Waals surface area contributed by atoms with Gasteiger partial charge < -0.3 is 10.3 Å². The quantitative estimate of drug-likeness (QED) is 0.632. The molecule has 1 amide bonds. The molecular weight excluding hydrogens is 208 g/mol. The number of imidazole rings is 1. The van der Waals surface area contributed by atoms with Gasteiger partial charge in [0.25, 0.3) is 0 Å². The zero-order chi connectivity index (χ0) is 11.0. The second kappa shape index (κ2) is 3.53.